The molecule has 0 spiro atoms. The van der Waals surface area contributed by atoms with Gasteiger partial charge in [-0.2, -0.15) is 0 Å². The molecule has 0 radical (unpaired) electrons. The lowest BCUT2D eigenvalue weighted by Gasteiger charge is -2.18. The van der Waals surface area contributed by atoms with Gasteiger partial charge < -0.3 is 25.8 Å². The molecule has 0 aliphatic carbocycles. The van der Waals surface area contributed by atoms with E-state index in [4.69, 9.17) is 10.8 Å². The summed E-state index contributed by atoms with van der Waals surface area (Å²) in [6.07, 6.45) is -2.26. The number of aliphatic hydroxyl groups is 3. The molecule has 18 heavy (non-hydrogen) atoms. The molecule has 0 aliphatic heterocycles. The van der Waals surface area contributed by atoms with Crippen LogP contribution >= 0.6 is 0 Å². The Morgan fingerprint density at radius 3 is 2.67 bits per heavy atom. The van der Waals surface area contributed by atoms with Crippen LogP contribution in [-0.2, 0) is 4.74 Å². The van der Waals surface area contributed by atoms with Crippen LogP contribution < -0.4 is 5.73 Å². The van der Waals surface area contributed by atoms with E-state index in [0.717, 1.165) is 0 Å². The predicted octanol–water partition coefficient (Wildman–Crippen LogP) is -0.168. The van der Waals surface area contributed by atoms with Crippen molar-refractivity contribution in [1.29, 1.82) is 0 Å². The van der Waals surface area contributed by atoms with E-state index in [1.165, 1.54) is 25.3 Å². The van der Waals surface area contributed by atoms with Gasteiger partial charge in [0, 0.05) is 12.3 Å². The average molecular weight is 255 g/mol. The summed E-state index contributed by atoms with van der Waals surface area (Å²) in [4.78, 5) is 11.4. The van der Waals surface area contributed by atoms with Crippen molar-refractivity contribution in [2.24, 2.45) is 0 Å². The van der Waals surface area contributed by atoms with Crippen molar-refractivity contribution >= 4 is 11.7 Å². The molecule has 0 bridgehead atoms. The number of aliphatic hydroxyl groups excluding tert-OH is 3. The third-order valence-electron chi connectivity index (χ3n) is 2.61. The van der Waals surface area contributed by atoms with Crippen LogP contribution in [0.1, 0.15) is 28.4 Å². The Labute approximate surface area is 105 Å². The molecule has 6 nitrogen and oxygen atoms in total. The summed E-state index contributed by atoms with van der Waals surface area (Å²) in [6, 6.07) is 4.33. The summed E-state index contributed by atoms with van der Waals surface area (Å²) in [7, 11) is 1.23. The summed E-state index contributed by atoms with van der Waals surface area (Å²) in [6.45, 7) is -0.239. The van der Waals surface area contributed by atoms with Crippen molar-refractivity contribution in [3.05, 3.63) is 29.3 Å². The van der Waals surface area contributed by atoms with Crippen LogP contribution in [0.2, 0.25) is 0 Å². The fourth-order valence-corrected chi connectivity index (χ4v) is 1.56. The van der Waals surface area contributed by atoms with E-state index in [0.29, 0.717) is 5.56 Å². The van der Waals surface area contributed by atoms with Gasteiger partial charge in [0.2, 0.25) is 0 Å². The monoisotopic (exact) mass is 255 g/mol. The number of nitrogens with two attached hydrogens (primary N) is 1. The van der Waals surface area contributed by atoms with Gasteiger partial charge in [0.05, 0.1) is 18.8 Å². The van der Waals surface area contributed by atoms with Crippen molar-refractivity contribution in [3.63, 3.8) is 0 Å². The first-order chi connectivity index (χ1) is 8.51. The molecule has 1 aromatic carbocycles. The second kappa shape index (κ2) is 6.34. The minimum atomic E-state index is -1.19. The molecule has 0 aromatic heterocycles. The minimum Gasteiger partial charge on any atom is -0.465 e. The largest absolute Gasteiger partial charge is 0.465 e. The first-order valence-electron chi connectivity index (χ1n) is 5.46. The molecule has 1 aromatic rings. The van der Waals surface area contributed by atoms with Gasteiger partial charge in [0.1, 0.15) is 6.10 Å². The number of benzene rings is 1. The van der Waals surface area contributed by atoms with Gasteiger partial charge in [0.25, 0.3) is 0 Å². The third-order valence-corrected chi connectivity index (χ3v) is 2.61. The smallest absolute Gasteiger partial charge is 0.339 e. The fourth-order valence-electron chi connectivity index (χ4n) is 1.56. The van der Waals surface area contributed by atoms with Crippen molar-refractivity contribution < 1.29 is 24.9 Å². The maximum Gasteiger partial charge on any atom is 0.339 e. The molecule has 0 heterocycles. The van der Waals surface area contributed by atoms with E-state index in [2.05, 4.69) is 4.74 Å². The fraction of sp³-hybridized carbons (Fsp3) is 0.417. The maximum absolute atomic E-state index is 11.4. The van der Waals surface area contributed by atoms with E-state index >= 15 is 0 Å². The molecule has 0 saturated heterocycles. The summed E-state index contributed by atoms with van der Waals surface area (Å²) in [5.41, 5.74) is 6.32. The second-order valence-electron chi connectivity index (χ2n) is 3.86. The Bertz CT molecular complexity index is 421. The van der Waals surface area contributed by atoms with Gasteiger partial charge in [-0.05, 0) is 24.1 Å². The van der Waals surface area contributed by atoms with Crippen LogP contribution in [0.5, 0.6) is 0 Å². The maximum atomic E-state index is 11.4. The Hall–Kier alpha value is -1.63. The SMILES string of the molecule is COC(=O)c1cc(C(O)C(O)CCO)ccc1N. The van der Waals surface area contributed by atoms with E-state index in [-0.39, 0.29) is 24.3 Å². The highest BCUT2D eigenvalue weighted by Crippen LogP contribution is 2.23. The Kier molecular flexibility index (Phi) is 5.08. The number of esters is 1. The van der Waals surface area contributed by atoms with Crippen LogP contribution in [0.25, 0.3) is 0 Å². The molecule has 2 atom stereocenters. The normalized spacial score (nSPS) is 14.0. The van der Waals surface area contributed by atoms with Crippen molar-refractivity contribution in [2.75, 3.05) is 19.5 Å². The highest BCUT2D eigenvalue weighted by atomic mass is 16.5. The van der Waals surface area contributed by atoms with Gasteiger partial charge >= 0.3 is 5.97 Å². The summed E-state index contributed by atoms with van der Waals surface area (Å²) in [5.74, 6) is -0.613. The quantitative estimate of drug-likeness (QED) is 0.429. The van der Waals surface area contributed by atoms with E-state index in [1.54, 1.807) is 0 Å². The molecule has 6 heteroatoms. The van der Waals surface area contributed by atoms with Gasteiger partial charge in [-0.15, -0.1) is 0 Å². The molecule has 0 fully saturated rings. The number of hydrogen-bond donors (Lipinski definition) is 4. The topological polar surface area (TPSA) is 113 Å². The van der Waals surface area contributed by atoms with Gasteiger partial charge in [-0.1, -0.05) is 6.07 Å². The molecule has 2 unspecified atom stereocenters. The first kappa shape index (κ1) is 14.4. The zero-order valence-corrected chi connectivity index (χ0v) is 10.0. The number of nitrogen functional groups attached to an aromatic ring is 1. The standard InChI is InChI=1S/C12H17NO5/c1-18-12(17)8-6-7(2-3-9(8)13)11(16)10(15)4-5-14/h2-3,6,10-11,14-16H,4-5,13H2,1H3. The highest BCUT2D eigenvalue weighted by molar-refractivity contribution is 5.95. The summed E-state index contributed by atoms with van der Waals surface area (Å²) >= 11 is 0. The molecular weight excluding hydrogens is 238 g/mol. The molecule has 0 saturated carbocycles. The lowest BCUT2D eigenvalue weighted by molar-refractivity contribution is 0.00414. The molecule has 5 N–H and O–H groups in total. The third kappa shape index (κ3) is 3.19. The van der Waals surface area contributed by atoms with Gasteiger partial charge in [-0.3, -0.25) is 0 Å². The number of methoxy groups -OCH3 is 1. The zero-order valence-electron chi connectivity index (χ0n) is 10.0. The Morgan fingerprint density at radius 2 is 2.11 bits per heavy atom. The Balaban J connectivity index is 3.00. The molecule has 1 rings (SSSR count). The van der Waals surface area contributed by atoms with Crippen LogP contribution in [0.3, 0.4) is 0 Å². The highest BCUT2D eigenvalue weighted by Gasteiger charge is 2.20. The van der Waals surface area contributed by atoms with Gasteiger partial charge in [0.15, 0.2) is 0 Å². The first-order valence-corrected chi connectivity index (χ1v) is 5.46. The average Bonchev–Trinajstić information content (AvgIpc) is 2.38. The number of ether oxygens (including phenoxy) is 1. The van der Waals surface area contributed by atoms with Crippen LogP contribution in [-0.4, -0.2) is 41.1 Å². The zero-order chi connectivity index (χ0) is 13.7. The molecule has 0 amide bonds. The van der Waals surface area contributed by atoms with Crippen molar-refractivity contribution in [2.45, 2.75) is 18.6 Å². The molecule has 100 valence electrons. The lowest BCUT2D eigenvalue weighted by Crippen LogP contribution is -2.20. The number of carbonyl (C=O) groups is 1. The van der Waals surface area contributed by atoms with E-state index in [9.17, 15) is 15.0 Å². The van der Waals surface area contributed by atoms with Crippen LogP contribution in [0.15, 0.2) is 18.2 Å². The summed E-state index contributed by atoms with van der Waals surface area (Å²) < 4.78 is 4.56. The lowest BCUT2D eigenvalue weighted by atomic mass is 9.99. The number of hydrogen-bond acceptors (Lipinski definition) is 6. The van der Waals surface area contributed by atoms with E-state index in [1.807, 2.05) is 0 Å². The molecular formula is C12H17NO5. The van der Waals surface area contributed by atoms with Crippen molar-refractivity contribution in [1.82, 2.24) is 0 Å². The Morgan fingerprint density at radius 1 is 1.44 bits per heavy atom. The number of carbonyl (C=O) groups excluding carboxylic acids is 1. The number of anilines is 1. The van der Waals surface area contributed by atoms with Crippen LogP contribution in [0, 0.1) is 0 Å². The number of rotatable bonds is 5. The minimum absolute atomic E-state index is 0.0408. The van der Waals surface area contributed by atoms with Gasteiger partial charge in [-0.25, -0.2) is 4.79 Å². The summed E-state index contributed by atoms with van der Waals surface area (Å²) in [5, 5.41) is 28.1. The van der Waals surface area contributed by atoms with Crippen LogP contribution in [0.4, 0.5) is 5.69 Å². The van der Waals surface area contributed by atoms with E-state index < -0.39 is 18.2 Å². The second-order valence-corrected chi connectivity index (χ2v) is 3.86. The predicted molar refractivity (Wildman–Crippen MR) is 64.9 cm³/mol. The van der Waals surface area contributed by atoms with Crippen molar-refractivity contribution in [3.8, 4) is 0 Å². The molecule has 0 aliphatic rings.